The smallest absolute Gasteiger partial charge is 0.391 e. The van der Waals surface area contributed by atoms with Gasteiger partial charge in [-0.05, 0) is 43.9 Å². The average Bonchev–Trinajstić information content (AvgIpc) is 2.39. The molecule has 1 aliphatic rings. The first-order chi connectivity index (χ1) is 9.35. The first-order valence-corrected chi connectivity index (χ1v) is 6.94. The van der Waals surface area contributed by atoms with Crippen LogP contribution in [-0.4, -0.2) is 12.8 Å². The summed E-state index contributed by atoms with van der Waals surface area (Å²) in [6.45, 7) is 2.39. The van der Waals surface area contributed by atoms with Crippen LogP contribution in [0.4, 0.5) is 13.2 Å². The van der Waals surface area contributed by atoms with Gasteiger partial charge in [-0.25, -0.2) is 0 Å². The number of benzene rings is 1. The Kier molecular flexibility index (Phi) is 4.28. The van der Waals surface area contributed by atoms with Crippen molar-refractivity contribution in [2.75, 3.05) is 6.61 Å². The van der Waals surface area contributed by atoms with E-state index in [1.807, 2.05) is 6.92 Å². The van der Waals surface area contributed by atoms with Crippen molar-refractivity contribution >= 4 is 0 Å². The van der Waals surface area contributed by atoms with Crippen LogP contribution in [0.25, 0.3) is 0 Å². The molecule has 5 heteroatoms. The molecule has 1 fully saturated rings. The number of nitrogens with two attached hydrogens (primary N) is 1. The zero-order valence-electron chi connectivity index (χ0n) is 11.5. The summed E-state index contributed by atoms with van der Waals surface area (Å²) in [5.41, 5.74) is 6.10. The molecule has 0 aromatic heterocycles. The summed E-state index contributed by atoms with van der Waals surface area (Å²) in [7, 11) is 0. The van der Waals surface area contributed by atoms with Crippen LogP contribution < -0.4 is 10.5 Å². The van der Waals surface area contributed by atoms with Crippen LogP contribution in [0.15, 0.2) is 24.3 Å². The van der Waals surface area contributed by atoms with Gasteiger partial charge in [0.1, 0.15) is 5.75 Å². The van der Waals surface area contributed by atoms with Crippen LogP contribution in [0.2, 0.25) is 0 Å². The number of ether oxygens (including phenoxy) is 1. The Balaban J connectivity index is 2.23. The van der Waals surface area contributed by atoms with E-state index in [0.717, 1.165) is 5.56 Å². The van der Waals surface area contributed by atoms with E-state index in [2.05, 4.69) is 0 Å². The van der Waals surface area contributed by atoms with Gasteiger partial charge < -0.3 is 10.5 Å². The standard InChI is InChI=1S/C15H20F3NO/c1-2-20-13-7-3-5-11(9-13)14(19)8-4-6-12(10-14)15(16,17)18/h3,5,7,9,12H,2,4,6,8,10,19H2,1H3. The first kappa shape index (κ1) is 15.2. The lowest BCUT2D eigenvalue weighted by Gasteiger charge is -2.39. The molecular weight excluding hydrogens is 267 g/mol. The van der Waals surface area contributed by atoms with Crippen molar-refractivity contribution in [1.29, 1.82) is 0 Å². The molecule has 0 aliphatic heterocycles. The van der Waals surface area contributed by atoms with E-state index in [4.69, 9.17) is 10.5 Å². The molecule has 1 aromatic carbocycles. The minimum atomic E-state index is -4.16. The first-order valence-electron chi connectivity index (χ1n) is 6.94. The van der Waals surface area contributed by atoms with Gasteiger partial charge in [-0.3, -0.25) is 0 Å². The number of halogens is 3. The molecule has 2 unspecified atom stereocenters. The van der Waals surface area contributed by atoms with Crippen molar-refractivity contribution in [1.82, 2.24) is 0 Å². The highest BCUT2D eigenvalue weighted by molar-refractivity contribution is 5.33. The molecule has 0 bridgehead atoms. The summed E-state index contributed by atoms with van der Waals surface area (Å²) >= 11 is 0. The molecule has 2 nitrogen and oxygen atoms in total. The second-order valence-corrected chi connectivity index (χ2v) is 5.45. The lowest BCUT2D eigenvalue weighted by Crippen LogP contribution is -2.44. The maximum absolute atomic E-state index is 12.9. The van der Waals surface area contributed by atoms with Gasteiger partial charge in [0.15, 0.2) is 0 Å². The summed E-state index contributed by atoms with van der Waals surface area (Å²) in [6, 6.07) is 7.14. The van der Waals surface area contributed by atoms with Gasteiger partial charge in [-0.1, -0.05) is 18.6 Å². The number of alkyl halides is 3. The third kappa shape index (κ3) is 3.26. The topological polar surface area (TPSA) is 35.2 Å². The predicted molar refractivity (Wildman–Crippen MR) is 71.5 cm³/mol. The zero-order chi connectivity index (χ0) is 14.8. The maximum atomic E-state index is 12.9. The molecule has 0 radical (unpaired) electrons. The second kappa shape index (κ2) is 5.64. The Bertz CT molecular complexity index is 461. The summed E-state index contributed by atoms with van der Waals surface area (Å²) < 4.78 is 44.2. The molecule has 1 aliphatic carbocycles. The van der Waals surface area contributed by atoms with Gasteiger partial charge in [0.2, 0.25) is 0 Å². The molecule has 0 saturated heterocycles. The van der Waals surface area contributed by atoms with E-state index in [1.165, 1.54) is 0 Å². The Morgan fingerprint density at radius 3 is 2.80 bits per heavy atom. The summed E-state index contributed by atoms with van der Waals surface area (Å²) in [5.74, 6) is -0.652. The minimum absolute atomic E-state index is 0.0495. The predicted octanol–water partition coefficient (Wildman–Crippen LogP) is 3.99. The molecule has 112 valence electrons. The molecular formula is C15H20F3NO. The fourth-order valence-corrected chi connectivity index (χ4v) is 2.91. The van der Waals surface area contributed by atoms with E-state index in [1.54, 1.807) is 24.3 Å². The van der Waals surface area contributed by atoms with Gasteiger partial charge >= 0.3 is 6.18 Å². The quantitative estimate of drug-likeness (QED) is 0.912. The van der Waals surface area contributed by atoms with Crippen molar-refractivity contribution in [3.05, 3.63) is 29.8 Å². The molecule has 0 amide bonds. The third-order valence-corrected chi connectivity index (χ3v) is 3.97. The second-order valence-electron chi connectivity index (χ2n) is 5.45. The van der Waals surface area contributed by atoms with Crippen LogP contribution in [0.5, 0.6) is 5.75 Å². The SMILES string of the molecule is CCOc1cccc(C2(N)CCCC(C(F)(F)F)C2)c1. The Labute approximate surface area is 117 Å². The number of hydrogen-bond acceptors (Lipinski definition) is 2. The largest absolute Gasteiger partial charge is 0.494 e. The van der Waals surface area contributed by atoms with E-state index >= 15 is 0 Å². The third-order valence-electron chi connectivity index (χ3n) is 3.97. The molecule has 1 aromatic rings. The molecule has 2 N–H and O–H groups in total. The van der Waals surface area contributed by atoms with Gasteiger partial charge in [0, 0.05) is 5.54 Å². The number of hydrogen-bond donors (Lipinski definition) is 1. The van der Waals surface area contributed by atoms with Crippen molar-refractivity contribution in [3.8, 4) is 5.75 Å². The molecule has 0 spiro atoms. The fourth-order valence-electron chi connectivity index (χ4n) is 2.91. The lowest BCUT2D eigenvalue weighted by molar-refractivity contribution is -0.187. The normalized spacial score (nSPS) is 27.4. The van der Waals surface area contributed by atoms with Gasteiger partial charge in [-0.2, -0.15) is 13.2 Å². The molecule has 2 rings (SSSR count). The molecule has 1 saturated carbocycles. The summed E-state index contributed by atoms with van der Waals surface area (Å²) in [6.07, 6.45) is -2.96. The van der Waals surface area contributed by atoms with Crippen LogP contribution >= 0.6 is 0 Å². The minimum Gasteiger partial charge on any atom is -0.494 e. The molecule has 0 heterocycles. The van der Waals surface area contributed by atoms with Crippen LogP contribution in [-0.2, 0) is 5.54 Å². The Hall–Kier alpha value is -1.23. The Morgan fingerprint density at radius 1 is 1.40 bits per heavy atom. The number of rotatable bonds is 3. The van der Waals surface area contributed by atoms with Crippen LogP contribution in [0.1, 0.15) is 38.2 Å². The lowest BCUT2D eigenvalue weighted by atomic mass is 9.72. The van der Waals surface area contributed by atoms with Crippen molar-refractivity contribution < 1.29 is 17.9 Å². The van der Waals surface area contributed by atoms with Gasteiger partial charge in [0.25, 0.3) is 0 Å². The van der Waals surface area contributed by atoms with Gasteiger partial charge in [0.05, 0.1) is 12.5 Å². The summed E-state index contributed by atoms with van der Waals surface area (Å²) in [4.78, 5) is 0. The summed E-state index contributed by atoms with van der Waals surface area (Å²) in [5, 5.41) is 0. The highest BCUT2D eigenvalue weighted by Crippen LogP contribution is 2.45. The molecule has 2 atom stereocenters. The zero-order valence-corrected chi connectivity index (χ0v) is 11.5. The Morgan fingerprint density at radius 2 is 2.15 bits per heavy atom. The maximum Gasteiger partial charge on any atom is 0.391 e. The van der Waals surface area contributed by atoms with E-state index in [0.29, 0.717) is 25.2 Å². The van der Waals surface area contributed by atoms with Crippen molar-refractivity contribution in [3.63, 3.8) is 0 Å². The van der Waals surface area contributed by atoms with E-state index < -0.39 is 17.6 Å². The van der Waals surface area contributed by atoms with E-state index in [9.17, 15) is 13.2 Å². The van der Waals surface area contributed by atoms with E-state index in [-0.39, 0.29) is 12.8 Å². The van der Waals surface area contributed by atoms with Crippen LogP contribution in [0.3, 0.4) is 0 Å². The van der Waals surface area contributed by atoms with Gasteiger partial charge in [-0.15, -0.1) is 0 Å². The van der Waals surface area contributed by atoms with Crippen molar-refractivity contribution in [2.45, 2.75) is 44.3 Å². The average molecular weight is 287 g/mol. The highest BCUT2D eigenvalue weighted by atomic mass is 19.4. The van der Waals surface area contributed by atoms with Crippen LogP contribution in [0, 0.1) is 5.92 Å². The monoisotopic (exact) mass is 287 g/mol. The fraction of sp³-hybridized carbons (Fsp3) is 0.600. The molecule has 20 heavy (non-hydrogen) atoms. The highest BCUT2D eigenvalue weighted by Gasteiger charge is 2.46. The van der Waals surface area contributed by atoms with Crippen molar-refractivity contribution in [2.24, 2.45) is 11.7 Å².